The number of rotatable bonds is 5. The van der Waals surface area contributed by atoms with Crippen LogP contribution in [0.5, 0.6) is 0 Å². The van der Waals surface area contributed by atoms with Crippen LogP contribution in [-0.4, -0.2) is 31.1 Å². The molecule has 1 aliphatic heterocycles. The van der Waals surface area contributed by atoms with E-state index in [0.717, 1.165) is 25.2 Å². The number of hydrogen-bond donors (Lipinski definition) is 1. The fourth-order valence-electron chi connectivity index (χ4n) is 2.60. The van der Waals surface area contributed by atoms with Crippen LogP contribution in [0.15, 0.2) is 18.2 Å². The molecule has 3 nitrogen and oxygen atoms in total. The lowest BCUT2D eigenvalue weighted by molar-refractivity contribution is 0.339. The molecule has 0 amide bonds. The van der Waals surface area contributed by atoms with E-state index >= 15 is 0 Å². The van der Waals surface area contributed by atoms with Crippen molar-refractivity contribution in [3.63, 3.8) is 0 Å². The van der Waals surface area contributed by atoms with Gasteiger partial charge in [-0.05, 0) is 55.7 Å². The minimum Gasteiger partial charge on any atom is -0.312 e. The fraction of sp³-hybridized carbons (Fsp3) is 0.533. The Morgan fingerprint density at radius 2 is 2.37 bits per heavy atom. The van der Waals surface area contributed by atoms with Crippen LogP contribution in [0.3, 0.4) is 0 Å². The molecule has 1 atom stereocenters. The molecule has 0 aromatic heterocycles. The van der Waals surface area contributed by atoms with Gasteiger partial charge in [-0.1, -0.05) is 6.92 Å². The van der Waals surface area contributed by atoms with E-state index in [4.69, 9.17) is 5.26 Å². The van der Waals surface area contributed by atoms with E-state index in [9.17, 15) is 4.39 Å². The van der Waals surface area contributed by atoms with Gasteiger partial charge < -0.3 is 10.2 Å². The van der Waals surface area contributed by atoms with Crippen LogP contribution in [-0.2, 0) is 6.54 Å². The van der Waals surface area contributed by atoms with Crippen molar-refractivity contribution in [2.45, 2.75) is 19.9 Å². The second kappa shape index (κ2) is 6.65. The monoisotopic (exact) mass is 261 g/mol. The van der Waals surface area contributed by atoms with E-state index in [1.165, 1.54) is 25.1 Å². The summed E-state index contributed by atoms with van der Waals surface area (Å²) in [6.45, 7) is 7.09. The van der Waals surface area contributed by atoms with Crippen LogP contribution in [0, 0.1) is 23.1 Å². The highest BCUT2D eigenvalue weighted by Gasteiger charge is 2.20. The Hall–Kier alpha value is -1.44. The molecule has 0 spiro atoms. The lowest BCUT2D eigenvalue weighted by Crippen LogP contribution is -2.26. The maximum absolute atomic E-state index is 13.2. The Balaban J connectivity index is 1.83. The van der Waals surface area contributed by atoms with E-state index in [1.54, 1.807) is 6.07 Å². The number of halogens is 1. The topological polar surface area (TPSA) is 39.1 Å². The molecule has 1 unspecified atom stereocenters. The van der Waals surface area contributed by atoms with Gasteiger partial charge in [-0.15, -0.1) is 0 Å². The number of nitriles is 1. The van der Waals surface area contributed by atoms with Crippen molar-refractivity contribution >= 4 is 0 Å². The smallest absolute Gasteiger partial charge is 0.123 e. The second-order valence-electron chi connectivity index (χ2n) is 5.09. The van der Waals surface area contributed by atoms with Gasteiger partial charge in [0.25, 0.3) is 0 Å². The second-order valence-corrected chi connectivity index (χ2v) is 5.09. The van der Waals surface area contributed by atoms with Gasteiger partial charge in [-0.25, -0.2) is 4.39 Å². The number of benzene rings is 1. The van der Waals surface area contributed by atoms with Gasteiger partial charge in [0, 0.05) is 13.1 Å². The Morgan fingerprint density at radius 1 is 1.53 bits per heavy atom. The molecule has 1 N–H and O–H groups in total. The molecule has 1 aromatic carbocycles. The first kappa shape index (κ1) is 14.0. The van der Waals surface area contributed by atoms with Crippen molar-refractivity contribution in [3.05, 3.63) is 35.1 Å². The van der Waals surface area contributed by atoms with Crippen molar-refractivity contribution in [1.82, 2.24) is 10.2 Å². The molecule has 1 aromatic rings. The zero-order valence-corrected chi connectivity index (χ0v) is 11.3. The average molecular weight is 261 g/mol. The lowest BCUT2D eigenvalue weighted by Gasteiger charge is -2.14. The third kappa shape index (κ3) is 3.76. The molecular formula is C15H20FN3. The maximum atomic E-state index is 13.2. The van der Waals surface area contributed by atoms with Gasteiger partial charge in [-0.3, -0.25) is 0 Å². The summed E-state index contributed by atoms with van der Waals surface area (Å²) in [5.41, 5.74) is 1.29. The lowest BCUT2D eigenvalue weighted by atomic mass is 10.1. The summed E-state index contributed by atoms with van der Waals surface area (Å²) in [7, 11) is 0. The Morgan fingerprint density at radius 3 is 3.05 bits per heavy atom. The first-order valence-corrected chi connectivity index (χ1v) is 6.84. The number of likely N-dealkylation sites (tertiary alicyclic amines) is 1. The molecule has 0 aliphatic carbocycles. The average Bonchev–Trinajstić information content (AvgIpc) is 2.87. The van der Waals surface area contributed by atoms with E-state index in [1.807, 2.05) is 0 Å². The highest BCUT2D eigenvalue weighted by molar-refractivity contribution is 5.37. The summed E-state index contributed by atoms with van der Waals surface area (Å²) in [6, 6.07) is 6.42. The summed E-state index contributed by atoms with van der Waals surface area (Å²) in [5, 5.41) is 12.3. The van der Waals surface area contributed by atoms with Crippen molar-refractivity contribution in [2.24, 2.45) is 5.92 Å². The Kier molecular flexibility index (Phi) is 4.89. The molecule has 1 fully saturated rings. The van der Waals surface area contributed by atoms with Crippen molar-refractivity contribution in [1.29, 1.82) is 5.26 Å². The zero-order chi connectivity index (χ0) is 13.7. The molecule has 0 bridgehead atoms. The van der Waals surface area contributed by atoms with Gasteiger partial charge in [0.05, 0.1) is 11.6 Å². The molecular weight excluding hydrogens is 241 g/mol. The fourth-order valence-corrected chi connectivity index (χ4v) is 2.60. The predicted molar refractivity (Wildman–Crippen MR) is 73.0 cm³/mol. The standard InChI is InChI=1S/C15H20FN3/c1-2-19-6-5-12(11-19)9-18-10-14-7-15(16)4-3-13(14)8-17/h3-4,7,12,18H,2,5-6,9-11H2,1H3. The van der Waals surface area contributed by atoms with E-state index < -0.39 is 0 Å². The molecule has 102 valence electrons. The minimum absolute atomic E-state index is 0.283. The third-order valence-corrected chi connectivity index (χ3v) is 3.75. The predicted octanol–water partition coefficient (Wildman–Crippen LogP) is 2.13. The van der Waals surface area contributed by atoms with Crippen LogP contribution in [0.4, 0.5) is 4.39 Å². The van der Waals surface area contributed by atoms with Crippen LogP contribution in [0.2, 0.25) is 0 Å². The Bertz CT molecular complexity index is 467. The van der Waals surface area contributed by atoms with Crippen LogP contribution < -0.4 is 5.32 Å². The summed E-state index contributed by atoms with van der Waals surface area (Å²) >= 11 is 0. The van der Waals surface area contributed by atoms with Gasteiger partial charge in [0.1, 0.15) is 5.82 Å². The van der Waals surface area contributed by atoms with Crippen LogP contribution in [0.25, 0.3) is 0 Å². The van der Waals surface area contributed by atoms with Gasteiger partial charge in [0.2, 0.25) is 0 Å². The minimum atomic E-state index is -0.283. The quantitative estimate of drug-likeness (QED) is 0.882. The summed E-state index contributed by atoms with van der Waals surface area (Å²) in [4.78, 5) is 2.44. The van der Waals surface area contributed by atoms with Crippen LogP contribution in [0.1, 0.15) is 24.5 Å². The maximum Gasteiger partial charge on any atom is 0.123 e. The van der Waals surface area contributed by atoms with Gasteiger partial charge in [0.15, 0.2) is 0 Å². The van der Waals surface area contributed by atoms with Gasteiger partial charge >= 0.3 is 0 Å². The molecule has 0 saturated carbocycles. The normalized spacial score (nSPS) is 19.5. The summed E-state index contributed by atoms with van der Waals surface area (Å²) in [6.07, 6.45) is 1.22. The number of nitrogens with one attached hydrogen (secondary N) is 1. The van der Waals surface area contributed by atoms with Crippen LogP contribution >= 0.6 is 0 Å². The molecule has 19 heavy (non-hydrogen) atoms. The SMILES string of the molecule is CCN1CCC(CNCc2cc(F)ccc2C#N)C1. The zero-order valence-electron chi connectivity index (χ0n) is 11.3. The number of nitrogens with zero attached hydrogens (tertiary/aromatic N) is 2. The van der Waals surface area contributed by atoms with E-state index in [0.29, 0.717) is 18.0 Å². The highest BCUT2D eigenvalue weighted by Crippen LogP contribution is 2.15. The summed E-state index contributed by atoms with van der Waals surface area (Å²) in [5.74, 6) is 0.382. The Labute approximate surface area is 114 Å². The molecule has 1 saturated heterocycles. The van der Waals surface area contributed by atoms with Crippen molar-refractivity contribution in [2.75, 3.05) is 26.2 Å². The molecule has 2 rings (SSSR count). The first-order chi connectivity index (χ1) is 9.22. The van der Waals surface area contributed by atoms with E-state index in [-0.39, 0.29) is 5.82 Å². The highest BCUT2D eigenvalue weighted by atomic mass is 19.1. The largest absolute Gasteiger partial charge is 0.312 e. The number of hydrogen-bond acceptors (Lipinski definition) is 3. The molecule has 1 aliphatic rings. The first-order valence-electron chi connectivity index (χ1n) is 6.84. The van der Waals surface area contributed by atoms with Gasteiger partial charge in [-0.2, -0.15) is 5.26 Å². The summed E-state index contributed by atoms with van der Waals surface area (Å²) < 4.78 is 13.2. The molecule has 0 radical (unpaired) electrons. The molecule has 1 heterocycles. The van der Waals surface area contributed by atoms with Crippen molar-refractivity contribution < 1.29 is 4.39 Å². The van der Waals surface area contributed by atoms with Crippen molar-refractivity contribution in [3.8, 4) is 6.07 Å². The van der Waals surface area contributed by atoms with E-state index in [2.05, 4.69) is 23.2 Å². The molecule has 4 heteroatoms. The third-order valence-electron chi connectivity index (χ3n) is 3.75.